The average Bonchev–Trinajstić information content (AvgIpc) is 3.26. The highest BCUT2D eigenvalue weighted by Gasteiger charge is 2.21. The van der Waals surface area contributed by atoms with Crippen molar-refractivity contribution in [1.82, 2.24) is 19.6 Å². The van der Waals surface area contributed by atoms with E-state index in [0.29, 0.717) is 19.0 Å². The number of hydrogen-bond donors (Lipinski definition) is 1. The highest BCUT2D eigenvalue weighted by molar-refractivity contribution is 5.91. The van der Waals surface area contributed by atoms with E-state index in [1.54, 1.807) is 10.8 Å². The minimum absolute atomic E-state index is 0.0114. The topological polar surface area (TPSA) is 80.1 Å². The maximum Gasteiger partial charge on any atom is 0.219 e. The molecule has 1 aliphatic heterocycles. The molecule has 0 radical (unpaired) electrons. The molecule has 0 amide bonds. The molecule has 4 rings (SSSR count). The van der Waals surface area contributed by atoms with Crippen LogP contribution in [0, 0.1) is 0 Å². The fourth-order valence-electron chi connectivity index (χ4n) is 3.57. The summed E-state index contributed by atoms with van der Waals surface area (Å²) in [5, 5.41) is 10.1. The molecular formula is C20H25N5O2. The molecule has 7 nitrogen and oxygen atoms in total. The van der Waals surface area contributed by atoms with Crippen LogP contribution in [0.1, 0.15) is 31.2 Å². The molecule has 3 heterocycles. The molecule has 2 aromatic heterocycles. The van der Waals surface area contributed by atoms with E-state index >= 15 is 0 Å². The number of ether oxygens (including phenoxy) is 2. The molecule has 3 aromatic rings. The molecule has 1 aliphatic rings. The zero-order valence-corrected chi connectivity index (χ0v) is 15.6. The minimum atomic E-state index is -0.0114. The Kier molecular flexibility index (Phi) is 4.96. The lowest BCUT2D eigenvalue weighted by atomic mass is 10.1. The van der Waals surface area contributed by atoms with Gasteiger partial charge in [0.15, 0.2) is 6.23 Å². The summed E-state index contributed by atoms with van der Waals surface area (Å²) in [7, 11) is 1.86. The van der Waals surface area contributed by atoms with Crippen LogP contribution in [0.2, 0.25) is 0 Å². The molecule has 0 aliphatic carbocycles. The van der Waals surface area contributed by atoms with E-state index < -0.39 is 0 Å². The number of nitrogens with zero attached hydrogens (tertiary/aromatic N) is 4. The van der Waals surface area contributed by atoms with Gasteiger partial charge in [0, 0.05) is 25.6 Å². The van der Waals surface area contributed by atoms with Crippen molar-refractivity contribution in [2.45, 2.75) is 25.5 Å². The van der Waals surface area contributed by atoms with Gasteiger partial charge in [-0.2, -0.15) is 10.2 Å². The van der Waals surface area contributed by atoms with Gasteiger partial charge < -0.3 is 15.2 Å². The number of hydrogen-bond acceptors (Lipinski definition) is 5. The Labute approximate surface area is 158 Å². The first-order chi connectivity index (χ1) is 13.2. The molecule has 1 unspecified atom stereocenters. The van der Waals surface area contributed by atoms with Gasteiger partial charge >= 0.3 is 0 Å². The molecular weight excluding hydrogens is 342 g/mol. The van der Waals surface area contributed by atoms with Crippen LogP contribution in [-0.4, -0.2) is 39.3 Å². The molecule has 1 saturated heterocycles. The second kappa shape index (κ2) is 7.54. The van der Waals surface area contributed by atoms with E-state index in [9.17, 15) is 0 Å². The Bertz CT molecular complexity index is 953. The Morgan fingerprint density at radius 2 is 2.30 bits per heavy atom. The maximum absolute atomic E-state index is 5.93. The van der Waals surface area contributed by atoms with Crippen LogP contribution in [0.5, 0.6) is 5.88 Å². The number of benzene rings is 1. The van der Waals surface area contributed by atoms with Crippen molar-refractivity contribution in [3.63, 3.8) is 0 Å². The lowest BCUT2D eigenvalue weighted by Gasteiger charge is -2.23. The van der Waals surface area contributed by atoms with Crippen molar-refractivity contribution in [3.05, 3.63) is 36.7 Å². The molecule has 27 heavy (non-hydrogen) atoms. The normalized spacial score (nSPS) is 17.3. The Morgan fingerprint density at radius 1 is 1.41 bits per heavy atom. The standard InChI is InChI=1S/C20H25N5O2/c1-3-17-15-12-14(16-13-22-24(2)20(16)27-11-9-21)7-8-18(15)25(23-17)19-6-4-5-10-26-19/h3,7-8,12-13,19H,1,4-6,9-11,21H2,2H3. The zero-order valence-electron chi connectivity index (χ0n) is 15.6. The second-order valence-electron chi connectivity index (χ2n) is 6.71. The third-order valence-corrected chi connectivity index (χ3v) is 4.91. The van der Waals surface area contributed by atoms with Crippen LogP contribution in [-0.2, 0) is 11.8 Å². The highest BCUT2D eigenvalue weighted by Crippen LogP contribution is 2.34. The Balaban J connectivity index is 1.78. The van der Waals surface area contributed by atoms with Crippen molar-refractivity contribution in [1.29, 1.82) is 0 Å². The smallest absolute Gasteiger partial charge is 0.219 e. The van der Waals surface area contributed by atoms with Crippen LogP contribution >= 0.6 is 0 Å². The summed E-state index contributed by atoms with van der Waals surface area (Å²) in [5.41, 5.74) is 9.44. The van der Waals surface area contributed by atoms with E-state index in [2.05, 4.69) is 29.9 Å². The van der Waals surface area contributed by atoms with Gasteiger partial charge in [-0.25, -0.2) is 9.36 Å². The first-order valence-electron chi connectivity index (χ1n) is 9.34. The van der Waals surface area contributed by atoms with Gasteiger partial charge in [0.1, 0.15) is 6.61 Å². The SMILES string of the molecule is C=Cc1nn(C2CCCCO2)c2ccc(-c3cnn(C)c3OCCN)cc12. The van der Waals surface area contributed by atoms with Gasteiger partial charge in [-0.3, -0.25) is 0 Å². The molecule has 1 fully saturated rings. The average molecular weight is 367 g/mol. The van der Waals surface area contributed by atoms with E-state index in [1.807, 2.05) is 17.9 Å². The predicted molar refractivity (Wildman–Crippen MR) is 105 cm³/mol. The monoisotopic (exact) mass is 367 g/mol. The van der Waals surface area contributed by atoms with Crippen LogP contribution < -0.4 is 10.5 Å². The summed E-state index contributed by atoms with van der Waals surface area (Å²) in [6.45, 7) is 5.62. The quantitative estimate of drug-likeness (QED) is 0.724. The lowest BCUT2D eigenvalue weighted by molar-refractivity contribution is -0.0367. The summed E-state index contributed by atoms with van der Waals surface area (Å²) in [4.78, 5) is 0. The van der Waals surface area contributed by atoms with Crippen LogP contribution in [0.25, 0.3) is 28.1 Å². The van der Waals surface area contributed by atoms with Gasteiger partial charge in [-0.15, -0.1) is 0 Å². The van der Waals surface area contributed by atoms with E-state index in [1.165, 1.54) is 0 Å². The third kappa shape index (κ3) is 3.24. The molecule has 1 atom stereocenters. The van der Waals surface area contributed by atoms with Crippen LogP contribution in [0.3, 0.4) is 0 Å². The predicted octanol–water partition coefficient (Wildman–Crippen LogP) is 3.12. The molecule has 0 spiro atoms. The van der Waals surface area contributed by atoms with Gasteiger partial charge in [-0.05, 0) is 43.0 Å². The number of nitrogens with two attached hydrogens (primary N) is 1. The van der Waals surface area contributed by atoms with E-state index in [0.717, 1.165) is 53.6 Å². The van der Waals surface area contributed by atoms with Crippen LogP contribution in [0.4, 0.5) is 0 Å². The third-order valence-electron chi connectivity index (χ3n) is 4.91. The van der Waals surface area contributed by atoms with Gasteiger partial charge in [0.25, 0.3) is 0 Å². The molecule has 142 valence electrons. The van der Waals surface area contributed by atoms with E-state index in [-0.39, 0.29) is 6.23 Å². The van der Waals surface area contributed by atoms with Crippen molar-refractivity contribution in [2.24, 2.45) is 12.8 Å². The fraction of sp³-hybridized carbons (Fsp3) is 0.400. The zero-order chi connectivity index (χ0) is 18.8. The Hall–Kier alpha value is -2.64. The molecule has 2 N–H and O–H groups in total. The number of aryl methyl sites for hydroxylation is 1. The first kappa shape index (κ1) is 17.8. The van der Waals surface area contributed by atoms with E-state index in [4.69, 9.17) is 20.3 Å². The summed E-state index contributed by atoms with van der Waals surface area (Å²) < 4.78 is 15.4. The maximum atomic E-state index is 5.93. The van der Waals surface area contributed by atoms with Crippen molar-refractivity contribution < 1.29 is 9.47 Å². The fourth-order valence-corrected chi connectivity index (χ4v) is 3.57. The summed E-state index contributed by atoms with van der Waals surface area (Å²) in [5.74, 6) is 0.711. The van der Waals surface area contributed by atoms with Crippen molar-refractivity contribution in [3.8, 4) is 17.0 Å². The second-order valence-corrected chi connectivity index (χ2v) is 6.71. The van der Waals surface area contributed by atoms with Gasteiger partial charge in [-0.1, -0.05) is 12.6 Å². The number of aromatic nitrogens is 4. The Morgan fingerprint density at radius 3 is 3.04 bits per heavy atom. The number of fused-ring (bicyclic) bond motifs is 1. The molecule has 0 saturated carbocycles. The number of rotatable bonds is 6. The van der Waals surface area contributed by atoms with Crippen LogP contribution in [0.15, 0.2) is 31.0 Å². The van der Waals surface area contributed by atoms with Gasteiger partial charge in [0.05, 0.1) is 23.0 Å². The van der Waals surface area contributed by atoms with Crippen molar-refractivity contribution >= 4 is 17.0 Å². The molecule has 7 heteroatoms. The van der Waals surface area contributed by atoms with Gasteiger partial charge in [0.2, 0.25) is 5.88 Å². The molecule has 1 aromatic carbocycles. The summed E-state index contributed by atoms with van der Waals surface area (Å²) >= 11 is 0. The first-order valence-corrected chi connectivity index (χ1v) is 9.34. The minimum Gasteiger partial charge on any atom is -0.476 e. The largest absolute Gasteiger partial charge is 0.476 e. The summed E-state index contributed by atoms with van der Waals surface area (Å²) in [6.07, 6.45) is 6.85. The molecule has 0 bridgehead atoms. The highest BCUT2D eigenvalue weighted by atomic mass is 16.5. The lowest BCUT2D eigenvalue weighted by Crippen LogP contribution is -2.19. The van der Waals surface area contributed by atoms with Crippen molar-refractivity contribution in [2.75, 3.05) is 19.8 Å². The summed E-state index contributed by atoms with van der Waals surface area (Å²) in [6, 6.07) is 6.27.